The lowest BCUT2D eigenvalue weighted by molar-refractivity contribution is 0.413. The van der Waals surface area contributed by atoms with Crippen LogP contribution >= 0.6 is 0 Å². The van der Waals surface area contributed by atoms with Crippen LogP contribution in [0.15, 0.2) is 91.3 Å². The molecule has 8 heteroatoms. The SMILES string of the molecule is COc1cnc2c(Oc3ccc(Nc4nnc(-c5ccc(C)cc5)c5ccccc45)cc3F)ccnc2c1. The van der Waals surface area contributed by atoms with Gasteiger partial charge in [-0.2, -0.15) is 0 Å². The summed E-state index contributed by atoms with van der Waals surface area (Å²) < 4.78 is 26.2. The van der Waals surface area contributed by atoms with Gasteiger partial charge in [-0.3, -0.25) is 4.98 Å². The highest BCUT2D eigenvalue weighted by Crippen LogP contribution is 2.34. The van der Waals surface area contributed by atoms with Crippen LogP contribution in [-0.4, -0.2) is 27.3 Å². The second-order valence-corrected chi connectivity index (χ2v) is 8.73. The summed E-state index contributed by atoms with van der Waals surface area (Å²) in [6, 6.07) is 24.1. The van der Waals surface area contributed by atoms with Crippen molar-refractivity contribution in [3.63, 3.8) is 0 Å². The van der Waals surface area contributed by atoms with E-state index in [0.717, 1.165) is 22.0 Å². The van der Waals surface area contributed by atoms with E-state index in [1.54, 1.807) is 43.8 Å². The highest BCUT2D eigenvalue weighted by molar-refractivity contribution is 6.00. The molecule has 3 aromatic carbocycles. The molecule has 6 rings (SSSR count). The second-order valence-electron chi connectivity index (χ2n) is 8.73. The lowest BCUT2D eigenvalue weighted by Gasteiger charge is -2.13. The van der Waals surface area contributed by atoms with Crippen molar-refractivity contribution in [1.29, 1.82) is 0 Å². The number of ether oxygens (including phenoxy) is 2. The van der Waals surface area contributed by atoms with Gasteiger partial charge in [-0.1, -0.05) is 54.1 Å². The molecule has 7 nitrogen and oxygen atoms in total. The third kappa shape index (κ3) is 4.43. The molecule has 0 spiro atoms. The van der Waals surface area contributed by atoms with E-state index in [4.69, 9.17) is 9.47 Å². The van der Waals surface area contributed by atoms with Crippen molar-refractivity contribution in [2.45, 2.75) is 6.92 Å². The molecule has 0 saturated carbocycles. The lowest BCUT2D eigenvalue weighted by atomic mass is 10.0. The van der Waals surface area contributed by atoms with Gasteiger partial charge in [0.15, 0.2) is 23.1 Å². The predicted octanol–water partition coefficient (Wildman–Crippen LogP) is 7.23. The number of nitrogens with zero attached hydrogens (tertiary/aromatic N) is 4. The number of anilines is 2. The maximum Gasteiger partial charge on any atom is 0.167 e. The van der Waals surface area contributed by atoms with E-state index >= 15 is 4.39 Å². The fourth-order valence-electron chi connectivity index (χ4n) is 4.22. The van der Waals surface area contributed by atoms with Gasteiger partial charge in [0.25, 0.3) is 0 Å². The van der Waals surface area contributed by atoms with Crippen molar-refractivity contribution in [2.75, 3.05) is 12.4 Å². The molecule has 0 aliphatic heterocycles. The summed E-state index contributed by atoms with van der Waals surface area (Å²) in [7, 11) is 1.56. The van der Waals surface area contributed by atoms with E-state index in [0.29, 0.717) is 34.0 Å². The Balaban J connectivity index is 1.29. The quantitative estimate of drug-likeness (QED) is 0.257. The first-order valence-corrected chi connectivity index (χ1v) is 11.9. The van der Waals surface area contributed by atoms with E-state index in [2.05, 4.69) is 25.5 Å². The average molecular weight is 504 g/mol. The molecule has 1 N–H and O–H groups in total. The Labute approximate surface area is 217 Å². The third-order valence-corrected chi connectivity index (χ3v) is 6.18. The molecule has 0 radical (unpaired) electrons. The molecule has 0 aliphatic carbocycles. The molecule has 0 saturated heterocycles. The molecule has 0 amide bonds. The van der Waals surface area contributed by atoms with Gasteiger partial charge < -0.3 is 14.8 Å². The number of methoxy groups -OCH3 is 1. The molecular formula is C30H22FN5O2. The van der Waals surface area contributed by atoms with Gasteiger partial charge in [0.1, 0.15) is 17.0 Å². The van der Waals surface area contributed by atoms with Crippen LogP contribution < -0.4 is 14.8 Å². The predicted molar refractivity (Wildman–Crippen MR) is 146 cm³/mol. The van der Waals surface area contributed by atoms with E-state index < -0.39 is 5.82 Å². The number of nitrogens with one attached hydrogen (secondary N) is 1. The Morgan fingerprint density at radius 3 is 2.42 bits per heavy atom. The number of aromatic nitrogens is 4. The molecule has 0 bridgehead atoms. The zero-order valence-corrected chi connectivity index (χ0v) is 20.6. The number of benzene rings is 3. The average Bonchev–Trinajstić information content (AvgIpc) is 2.95. The van der Waals surface area contributed by atoms with Crippen molar-refractivity contribution in [3.8, 4) is 28.5 Å². The van der Waals surface area contributed by atoms with Crippen molar-refractivity contribution in [2.24, 2.45) is 0 Å². The Morgan fingerprint density at radius 2 is 1.63 bits per heavy atom. The van der Waals surface area contributed by atoms with Gasteiger partial charge in [-0.25, -0.2) is 9.37 Å². The maximum atomic E-state index is 15.1. The molecule has 3 aromatic heterocycles. The largest absolute Gasteiger partial charge is 0.495 e. The first-order valence-electron chi connectivity index (χ1n) is 11.9. The highest BCUT2D eigenvalue weighted by atomic mass is 19.1. The molecule has 0 aliphatic rings. The van der Waals surface area contributed by atoms with Gasteiger partial charge in [0, 0.05) is 46.4 Å². The maximum absolute atomic E-state index is 15.1. The van der Waals surface area contributed by atoms with Gasteiger partial charge in [0.05, 0.1) is 18.8 Å². The molecule has 0 atom stereocenters. The van der Waals surface area contributed by atoms with Crippen molar-refractivity contribution >= 4 is 33.3 Å². The molecule has 3 heterocycles. The number of pyridine rings is 2. The molecule has 186 valence electrons. The minimum Gasteiger partial charge on any atom is -0.495 e. The summed E-state index contributed by atoms with van der Waals surface area (Å²) in [5.74, 6) is 1.02. The van der Waals surface area contributed by atoms with E-state index in [1.807, 2.05) is 55.5 Å². The Hall–Kier alpha value is -5.11. The summed E-state index contributed by atoms with van der Waals surface area (Å²) in [4.78, 5) is 8.64. The van der Waals surface area contributed by atoms with Crippen LogP contribution in [0.3, 0.4) is 0 Å². The molecule has 0 fully saturated rings. The summed E-state index contributed by atoms with van der Waals surface area (Å²) in [6.07, 6.45) is 3.15. The zero-order valence-electron chi connectivity index (χ0n) is 20.6. The van der Waals surface area contributed by atoms with Crippen LogP contribution in [0.2, 0.25) is 0 Å². The lowest BCUT2D eigenvalue weighted by Crippen LogP contribution is -2.00. The molecule has 0 unspecified atom stereocenters. The first kappa shape index (κ1) is 23.3. The topological polar surface area (TPSA) is 82.0 Å². The van der Waals surface area contributed by atoms with Crippen LogP contribution in [0.25, 0.3) is 33.1 Å². The standard InChI is InChI=1S/C30H22FN5O2/c1-18-7-9-19(10-8-18)28-22-5-3-4-6-23(22)30(36-35-28)34-20-11-12-26(24(31)15-20)38-27-13-14-32-25-16-21(37-2)17-33-29(25)27/h3-17H,1-2H3,(H,34,36). The third-order valence-electron chi connectivity index (χ3n) is 6.18. The van der Waals surface area contributed by atoms with Crippen LogP contribution in [-0.2, 0) is 0 Å². The van der Waals surface area contributed by atoms with Crippen molar-refractivity contribution < 1.29 is 13.9 Å². The summed E-state index contributed by atoms with van der Waals surface area (Å²) in [5, 5.41) is 13.9. The number of hydrogen-bond acceptors (Lipinski definition) is 7. The van der Waals surface area contributed by atoms with Crippen LogP contribution in [0, 0.1) is 12.7 Å². The van der Waals surface area contributed by atoms with Gasteiger partial charge in [-0.15, -0.1) is 10.2 Å². The second kappa shape index (κ2) is 9.74. The van der Waals surface area contributed by atoms with Crippen LogP contribution in [0.5, 0.6) is 17.2 Å². The number of hydrogen-bond donors (Lipinski definition) is 1. The van der Waals surface area contributed by atoms with Crippen molar-refractivity contribution in [1.82, 2.24) is 20.2 Å². The van der Waals surface area contributed by atoms with Gasteiger partial charge in [-0.05, 0) is 19.1 Å². The highest BCUT2D eigenvalue weighted by Gasteiger charge is 2.14. The molecular weight excluding hydrogens is 481 g/mol. The number of rotatable bonds is 6. The zero-order chi connectivity index (χ0) is 26.1. The normalized spacial score (nSPS) is 11.0. The number of fused-ring (bicyclic) bond motifs is 2. The fraction of sp³-hybridized carbons (Fsp3) is 0.0667. The first-order chi connectivity index (χ1) is 18.6. The summed E-state index contributed by atoms with van der Waals surface area (Å²) in [5.41, 5.74) is 4.55. The van der Waals surface area contributed by atoms with E-state index in [1.165, 1.54) is 11.6 Å². The Bertz CT molecular complexity index is 1790. The van der Waals surface area contributed by atoms with Gasteiger partial charge >= 0.3 is 0 Å². The molecule has 6 aromatic rings. The fourth-order valence-corrected chi connectivity index (χ4v) is 4.22. The van der Waals surface area contributed by atoms with E-state index in [9.17, 15) is 0 Å². The molecule has 38 heavy (non-hydrogen) atoms. The van der Waals surface area contributed by atoms with Crippen LogP contribution in [0.4, 0.5) is 15.9 Å². The van der Waals surface area contributed by atoms with Crippen LogP contribution in [0.1, 0.15) is 5.56 Å². The van der Waals surface area contributed by atoms with Crippen molar-refractivity contribution in [3.05, 3.63) is 103 Å². The Morgan fingerprint density at radius 1 is 0.816 bits per heavy atom. The number of halogens is 1. The summed E-state index contributed by atoms with van der Waals surface area (Å²) in [6.45, 7) is 2.05. The Kier molecular flexibility index (Phi) is 5.97. The smallest absolute Gasteiger partial charge is 0.167 e. The van der Waals surface area contributed by atoms with Gasteiger partial charge in [0.2, 0.25) is 0 Å². The van der Waals surface area contributed by atoms with E-state index in [-0.39, 0.29) is 5.75 Å². The number of aryl methyl sites for hydroxylation is 1. The monoisotopic (exact) mass is 503 g/mol. The minimum atomic E-state index is -0.540. The summed E-state index contributed by atoms with van der Waals surface area (Å²) >= 11 is 0. The minimum absolute atomic E-state index is 0.0614.